The van der Waals surface area contributed by atoms with Gasteiger partial charge in [0, 0.05) is 16.2 Å². The van der Waals surface area contributed by atoms with Crippen molar-refractivity contribution in [3.05, 3.63) is 57.0 Å². The van der Waals surface area contributed by atoms with E-state index in [4.69, 9.17) is 28.6 Å². The maximum atomic E-state index is 12.9. The van der Waals surface area contributed by atoms with Crippen molar-refractivity contribution in [2.45, 2.75) is 57.9 Å². The standard InChI is InChI=1S/C25H29BrClN3O3S/c1-2-3-13-33-22-12-9-16(26)14-20(22)24(32)30-25(34)29-18-10-11-21(27)19(15-18)23(31)28-17-7-5-4-6-8-17/h9-12,14-15,17H,2-8,13H2,1H3,(H,28,31)(H2,29,30,32,34). The molecule has 2 amide bonds. The van der Waals surface area contributed by atoms with E-state index in [0.717, 1.165) is 43.0 Å². The van der Waals surface area contributed by atoms with Gasteiger partial charge in [0.15, 0.2) is 5.11 Å². The van der Waals surface area contributed by atoms with Crippen LogP contribution in [0.3, 0.4) is 0 Å². The fourth-order valence-corrected chi connectivity index (χ4v) is 4.53. The van der Waals surface area contributed by atoms with Crippen molar-refractivity contribution < 1.29 is 14.3 Å². The zero-order valence-corrected chi connectivity index (χ0v) is 22.2. The van der Waals surface area contributed by atoms with Gasteiger partial charge in [0.1, 0.15) is 5.75 Å². The minimum atomic E-state index is -0.394. The van der Waals surface area contributed by atoms with Crippen LogP contribution in [0.5, 0.6) is 5.75 Å². The molecule has 182 valence electrons. The van der Waals surface area contributed by atoms with Crippen molar-refractivity contribution in [1.29, 1.82) is 0 Å². The van der Waals surface area contributed by atoms with E-state index in [1.165, 1.54) is 6.42 Å². The number of benzene rings is 2. The van der Waals surface area contributed by atoms with Gasteiger partial charge in [-0.2, -0.15) is 0 Å². The summed E-state index contributed by atoms with van der Waals surface area (Å²) in [5, 5.41) is 9.17. The lowest BCUT2D eigenvalue weighted by Crippen LogP contribution is -2.36. The summed E-state index contributed by atoms with van der Waals surface area (Å²) in [6.07, 6.45) is 7.31. The van der Waals surface area contributed by atoms with Crippen molar-refractivity contribution >= 4 is 62.4 Å². The molecule has 6 nitrogen and oxygen atoms in total. The molecule has 0 atom stereocenters. The zero-order valence-electron chi connectivity index (χ0n) is 19.1. The Morgan fingerprint density at radius 1 is 1.09 bits per heavy atom. The third kappa shape index (κ3) is 7.68. The highest BCUT2D eigenvalue weighted by Crippen LogP contribution is 2.25. The molecule has 0 bridgehead atoms. The molecule has 0 heterocycles. The highest BCUT2D eigenvalue weighted by atomic mass is 79.9. The summed E-state index contributed by atoms with van der Waals surface area (Å²) < 4.78 is 6.52. The first kappa shape index (κ1) is 26.4. The second kappa shape index (κ2) is 13.1. The predicted octanol–water partition coefficient (Wildman–Crippen LogP) is 6.47. The minimum absolute atomic E-state index is 0.102. The Morgan fingerprint density at radius 3 is 2.59 bits per heavy atom. The molecular weight excluding hydrogens is 538 g/mol. The number of amides is 2. The van der Waals surface area contributed by atoms with Gasteiger partial charge in [0.25, 0.3) is 11.8 Å². The fraction of sp³-hybridized carbons (Fsp3) is 0.400. The van der Waals surface area contributed by atoms with Gasteiger partial charge in [-0.1, -0.05) is 60.1 Å². The summed E-state index contributed by atoms with van der Waals surface area (Å²) >= 11 is 15.0. The smallest absolute Gasteiger partial charge is 0.261 e. The number of hydrogen-bond acceptors (Lipinski definition) is 4. The van der Waals surface area contributed by atoms with Crippen LogP contribution in [0.4, 0.5) is 5.69 Å². The van der Waals surface area contributed by atoms with Crippen LogP contribution in [0.2, 0.25) is 5.02 Å². The van der Waals surface area contributed by atoms with Crippen LogP contribution in [0.25, 0.3) is 0 Å². The largest absolute Gasteiger partial charge is 0.493 e. The predicted molar refractivity (Wildman–Crippen MR) is 144 cm³/mol. The molecule has 1 saturated carbocycles. The molecule has 2 aromatic carbocycles. The highest BCUT2D eigenvalue weighted by Gasteiger charge is 2.19. The van der Waals surface area contributed by atoms with Gasteiger partial charge in [0.05, 0.1) is 22.8 Å². The van der Waals surface area contributed by atoms with Crippen LogP contribution in [0, 0.1) is 0 Å². The molecule has 2 aromatic rings. The number of anilines is 1. The molecule has 1 aliphatic rings. The Bertz CT molecular complexity index is 1040. The van der Waals surface area contributed by atoms with Crippen molar-refractivity contribution in [2.24, 2.45) is 0 Å². The van der Waals surface area contributed by atoms with Gasteiger partial charge in [-0.3, -0.25) is 14.9 Å². The zero-order chi connectivity index (χ0) is 24.5. The Labute approximate surface area is 219 Å². The average Bonchev–Trinajstić information content (AvgIpc) is 2.81. The molecule has 0 unspecified atom stereocenters. The third-order valence-corrected chi connectivity index (χ3v) is 6.60. The Hall–Kier alpha value is -2.16. The molecule has 0 spiro atoms. The normalized spacial score (nSPS) is 13.7. The molecule has 34 heavy (non-hydrogen) atoms. The van der Waals surface area contributed by atoms with Crippen molar-refractivity contribution in [3.8, 4) is 5.75 Å². The first-order chi connectivity index (χ1) is 16.4. The lowest BCUT2D eigenvalue weighted by Gasteiger charge is -2.23. The Kier molecular flexibility index (Phi) is 10.2. The maximum absolute atomic E-state index is 12.9. The van der Waals surface area contributed by atoms with E-state index >= 15 is 0 Å². The summed E-state index contributed by atoms with van der Waals surface area (Å²) in [5.41, 5.74) is 1.29. The van der Waals surface area contributed by atoms with Crippen LogP contribution in [-0.2, 0) is 0 Å². The molecule has 3 rings (SSSR count). The summed E-state index contributed by atoms with van der Waals surface area (Å²) in [5.74, 6) is -0.113. The number of halogens is 2. The number of unbranched alkanes of at least 4 members (excludes halogenated alkanes) is 1. The van der Waals surface area contributed by atoms with E-state index in [9.17, 15) is 9.59 Å². The number of carbonyl (C=O) groups is 2. The first-order valence-corrected chi connectivity index (χ1v) is 13.1. The van der Waals surface area contributed by atoms with E-state index < -0.39 is 5.91 Å². The van der Waals surface area contributed by atoms with Crippen LogP contribution in [0.1, 0.15) is 72.6 Å². The monoisotopic (exact) mass is 565 g/mol. The van der Waals surface area contributed by atoms with Gasteiger partial charge in [0.2, 0.25) is 0 Å². The molecule has 0 saturated heterocycles. The lowest BCUT2D eigenvalue weighted by atomic mass is 9.95. The minimum Gasteiger partial charge on any atom is -0.493 e. The van der Waals surface area contributed by atoms with Gasteiger partial charge >= 0.3 is 0 Å². The number of hydrogen-bond donors (Lipinski definition) is 3. The summed E-state index contributed by atoms with van der Waals surface area (Å²) in [4.78, 5) is 25.6. The van der Waals surface area contributed by atoms with Crippen molar-refractivity contribution in [3.63, 3.8) is 0 Å². The molecule has 9 heteroatoms. The Balaban J connectivity index is 1.64. The lowest BCUT2D eigenvalue weighted by molar-refractivity contribution is 0.0926. The SMILES string of the molecule is CCCCOc1ccc(Br)cc1C(=O)NC(=S)Nc1ccc(Cl)c(C(=O)NC2CCCCC2)c1. The summed E-state index contributed by atoms with van der Waals surface area (Å²) in [6.45, 7) is 2.60. The highest BCUT2D eigenvalue weighted by molar-refractivity contribution is 9.10. The molecule has 1 fully saturated rings. The van der Waals surface area contributed by atoms with E-state index in [0.29, 0.717) is 34.2 Å². The van der Waals surface area contributed by atoms with Gasteiger partial charge in [-0.05, 0) is 67.9 Å². The second-order valence-electron chi connectivity index (χ2n) is 8.25. The van der Waals surface area contributed by atoms with E-state index in [-0.39, 0.29) is 17.1 Å². The fourth-order valence-electron chi connectivity index (χ4n) is 3.75. The van der Waals surface area contributed by atoms with Crippen molar-refractivity contribution in [1.82, 2.24) is 10.6 Å². The number of carbonyl (C=O) groups excluding carboxylic acids is 2. The van der Waals surface area contributed by atoms with Crippen LogP contribution in [0.15, 0.2) is 40.9 Å². The van der Waals surface area contributed by atoms with E-state index in [1.807, 2.05) is 6.07 Å². The molecule has 0 aromatic heterocycles. The molecule has 0 radical (unpaired) electrons. The molecule has 1 aliphatic carbocycles. The third-order valence-electron chi connectivity index (χ3n) is 5.58. The van der Waals surface area contributed by atoms with Crippen LogP contribution >= 0.6 is 39.7 Å². The topological polar surface area (TPSA) is 79.5 Å². The summed E-state index contributed by atoms with van der Waals surface area (Å²) in [6, 6.07) is 10.4. The van der Waals surface area contributed by atoms with E-state index in [1.54, 1.807) is 30.3 Å². The van der Waals surface area contributed by atoms with Gasteiger partial charge in [-0.25, -0.2) is 0 Å². The number of ether oxygens (including phenoxy) is 1. The summed E-state index contributed by atoms with van der Waals surface area (Å²) in [7, 11) is 0. The van der Waals surface area contributed by atoms with Crippen molar-refractivity contribution in [2.75, 3.05) is 11.9 Å². The van der Waals surface area contributed by atoms with Crippen LogP contribution in [-0.4, -0.2) is 29.6 Å². The molecule has 3 N–H and O–H groups in total. The second-order valence-corrected chi connectivity index (χ2v) is 9.98. The number of thiocarbonyl (C=S) groups is 1. The van der Waals surface area contributed by atoms with Gasteiger partial charge < -0.3 is 15.4 Å². The first-order valence-electron chi connectivity index (χ1n) is 11.5. The maximum Gasteiger partial charge on any atom is 0.261 e. The van der Waals surface area contributed by atoms with Crippen LogP contribution < -0.4 is 20.7 Å². The quantitative estimate of drug-likeness (QED) is 0.252. The molecular formula is C25H29BrClN3O3S. The average molecular weight is 567 g/mol. The number of nitrogens with one attached hydrogen (secondary N) is 3. The van der Waals surface area contributed by atoms with Gasteiger partial charge in [-0.15, -0.1) is 0 Å². The molecule has 0 aliphatic heterocycles. The number of rotatable bonds is 8. The Morgan fingerprint density at radius 2 is 1.85 bits per heavy atom. The van der Waals surface area contributed by atoms with E-state index in [2.05, 4.69) is 38.8 Å².